The third-order valence-electron chi connectivity index (χ3n) is 9.55. The van der Waals surface area contributed by atoms with Crippen LogP contribution in [0.25, 0.3) is 5.69 Å². The molecule has 0 fully saturated rings. The summed E-state index contributed by atoms with van der Waals surface area (Å²) in [7, 11) is 1.54. The van der Waals surface area contributed by atoms with E-state index in [1.165, 1.54) is 76.7 Å². The summed E-state index contributed by atoms with van der Waals surface area (Å²) in [6, 6.07) is 23.1. The molecule has 12 nitrogen and oxygen atoms in total. The van der Waals surface area contributed by atoms with Crippen LogP contribution in [0.4, 0.5) is 22.9 Å². The van der Waals surface area contributed by atoms with Gasteiger partial charge in [-0.05, 0) is 79.6 Å². The number of unbranched alkanes of at least 4 members (excludes halogenated alkanes) is 9. The van der Waals surface area contributed by atoms with Crippen molar-refractivity contribution in [1.29, 1.82) is 0 Å². The largest absolute Gasteiger partial charge is 0.497 e. The number of carbonyl (C=O) groups is 2. The van der Waals surface area contributed by atoms with Gasteiger partial charge in [0.15, 0.2) is 17.6 Å². The summed E-state index contributed by atoms with van der Waals surface area (Å²) in [6.07, 6.45) is 12.1. The fraction of sp³-hybridized carbons (Fsp3) is 0.356. The highest BCUT2D eigenvalue weighted by molar-refractivity contribution is 6.40. The minimum atomic E-state index is -0.824. The number of halogens is 3. The number of aromatic amines is 1. The lowest BCUT2D eigenvalue weighted by Crippen LogP contribution is -2.32. The van der Waals surface area contributed by atoms with Gasteiger partial charge in [0.1, 0.15) is 22.9 Å². The first-order chi connectivity index (χ1) is 29.1. The van der Waals surface area contributed by atoms with E-state index in [-0.39, 0.29) is 37.8 Å². The van der Waals surface area contributed by atoms with E-state index in [1.807, 2.05) is 19.1 Å². The Kier molecular flexibility index (Phi) is 17.9. The van der Waals surface area contributed by atoms with E-state index < -0.39 is 23.5 Å². The number of azo groups is 1. The number of methoxy groups -OCH3 is 1. The SMILES string of the molecule is CCCCCCCCCCCCOc1cccc(OC(CC)C(=O)Nc2cccc(C(=O)Nc3[nH]n(-c4c(Cl)cc(Cl)cc4Cl)c(=O)c3N=Nc3ccc(OC)cc3)c2)c1. The fourth-order valence-electron chi connectivity index (χ4n) is 6.32. The molecular formula is C45H51Cl3N6O6. The normalized spacial score (nSPS) is 11.7. The first-order valence-corrected chi connectivity index (χ1v) is 21.4. The summed E-state index contributed by atoms with van der Waals surface area (Å²) in [6.45, 7) is 4.70. The number of anilines is 2. The van der Waals surface area contributed by atoms with Gasteiger partial charge in [-0.3, -0.25) is 19.5 Å². The van der Waals surface area contributed by atoms with Gasteiger partial charge in [0.2, 0.25) is 0 Å². The van der Waals surface area contributed by atoms with Crippen LogP contribution in [-0.4, -0.2) is 41.4 Å². The first-order valence-electron chi connectivity index (χ1n) is 20.3. The first kappa shape index (κ1) is 45.8. The molecule has 15 heteroatoms. The van der Waals surface area contributed by atoms with E-state index in [0.717, 1.165) is 17.5 Å². The number of benzene rings is 4. The Bertz CT molecular complexity index is 2250. The summed E-state index contributed by atoms with van der Waals surface area (Å²) >= 11 is 19.0. The van der Waals surface area contributed by atoms with Gasteiger partial charge < -0.3 is 24.8 Å². The quantitative estimate of drug-likeness (QED) is 0.0439. The molecule has 0 bridgehead atoms. The molecule has 0 aliphatic rings. The number of nitrogens with one attached hydrogen (secondary N) is 3. The van der Waals surface area contributed by atoms with Crippen LogP contribution in [0.2, 0.25) is 15.1 Å². The topological polar surface area (TPSA) is 148 Å². The van der Waals surface area contributed by atoms with Crippen molar-refractivity contribution in [2.45, 2.75) is 90.6 Å². The Morgan fingerprint density at radius 2 is 1.40 bits per heavy atom. The van der Waals surface area contributed by atoms with E-state index in [1.54, 1.807) is 54.6 Å². The molecule has 5 aromatic rings. The molecule has 0 saturated heterocycles. The molecule has 318 valence electrons. The number of carbonyl (C=O) groups excluding carboxylic acids is 2. The van der Waals surface area contributed by atoms with Crippen molar-refractivity contribution in [2.75, 3.05) is 24.4 Å². The highest BCUT2D eigenvalue weighted by Crippen LogP contribution is 2.33. The monoisotopic (exact) mass is 876 g/mol. The summed E-state index contributed by atoms with van der Waals surface area (Å²) in [5.41, 5.74) is 0.0986. The Labute approximate surface area is 365 Å². The van der Waals surface area contributed by atoms with E-state index in [2.05, 4.69) is 32.9 Å². The van der Waals surface area contributed by atoms with Gasteiger partial charge in [0.25, 0.3) is 11.8 Å². The maximum absolute atomic E-state index is 13.8. The standard InChI is InChI=1S/C45H51Cl3N6O6/c1-4-6-7-8-9-10-11-12-13-14-25-59-35-19-16-20-36(29-35)60-39(5-2)44(56)49-33-18-15-17-30(26-33)43(55)50-42-40(52-51-32-21-23-34(58-3)24-22-32)45(57)54(53-42)41-37(47)27-31(46)28-38(41)48/h15-24,26-29,39,53H,4-14,25H2,1-3H3,(H,49,56)(H,50,55). The zero-order valence-corrected chi connectivity index (χ0v) is 36.3. The van der Waals surface area contributed by atoms with Crippen molar-refractivity contribution in [3.8, 4) is 22.9 Å². The molecule has 0 saturated carbocycles. The average Bonchev–Trinajstić information content (AvgIpc) is 3.53. The second-order valence-corrected chi connectivity index (χ2v) is 15.4. The van der Waals surface area contributed by atoms with Crippen molar-refractivity contribution in [1.82, 2.24) is 9.78 Å². The summed E-state index contributed by atoms with van der Waals surface area (Å²) < 4.78 is 18.3. The predicted octanol–water partition coefficient (Wildman–Crippen LogP) is 12.9. The highest BCUT2D eigenvalue weighted by Gasteiger charge is 2.23. The molecule has 4 aromatic carbocycles. The summed E-state index contributed by atoms with van der Waals surface area (Å²) in [5, 5.41) is 17.2. The lowest BCUT2D eigenvalue weighted by atomic mass is 10.1. The van der Waals surface area contributed by atoms with Crippen LogP contribution in [0, 0.1) is 0 Å². The molecule has 1 aromatic heterocycles. The zero-order valence-electron chi connectivity index (χ0n) is 34.1. The number of hydrogen-bond donors (Lipinski definition) is 3. The van der Waals surface area contributed by atoms with Crippen LogP contribution >= 0.6 is 34.8 Å². The second-order valence-electron chi connectivity index (χ2n) is 14.1. The molecule has 0 aliphatic carbocycles. The zero-order chi connectivity index (χ0) is 42.9. The van der Waals surface area contributed by atoms with Crippen LogP contribution in [0.15, 0.2) is 100.0 Å². The Balaban J connectivity index is 1.22. The number of rotatable bonds is 23. The lowest BCUT2D eigenvalue weighted by molar-refractivity contribution is -0.122. The van der Waals surface area contributed by atoms with Crippen LogP contribution < -0.4 is 30.4 Å². The van der Waals surface area contributed by atoms with Crippen molar-refractivity contribution >= 4 is 69.5 Å². The van der Waals surface area contributed by atoms with E-state index in [0.29, 0.717) is 41.7 Å². The molecule has 1 heterocycles. The van der Waals surface area contributed by atoms with Crippen LogP contribution in [0.5, 0.6) is 17.2 Å². The molecule has 0 radical (unpaired) electrons. The second kappa shape index (κ2) is 23.5. The molecule has 1 atom stereocenters. The van der Waals surface area contributed by atoms with Crippen molar-refractivity contribution in [3.05, 3.63) is 116 Å². The van der Waals surface area contributed by atoms with Crippen molar-refractivity contribution in [3.63, 3.8) is 0 Å². The average molecular weight is 878 g/mol. The molecule has 60 heavy (non-hydrogen) atoms. The number of H-pyrrole nitrogens is 1. The van der Waals surface area contributed by atoms with E-state index >= 15 is 0 Å². The fourth-order valence-corrected chi connectivity index (χ4v) is 7.31. The van der Waals surface area contributed by atoms with Gasteiger partial charge in [-0.25, -0.2) is 4.68 Å². The van der Waals surface area contributed by atoms with E-state index in [4.69, 9.17) is 49.0 Å². The van der Waals surface area contributed by atoms with Gasteiger partial charge in [0, 0.05) is 22.3 Å². The van der Waals surface area contributed by atoms with Gasteiger partial charge >= 0.3 is 5.56 Å². The van der Waals surface area contributed by atoms with Gasteiger partial charge in [-0.1, -0.05) is 119 Å². The Hall–Kier alpha value is -5.30. The maximum Gasteiger partial charge on any atom is 0.301 e. The Morgan fingerprint density at radius 3 is 2.07 bits per heavy atom. The lowest BCUT2D eigenvalue weighted by Gasteiger charge is -2.18. The predicted molar refractivity (Wildman–Crippen MR) is 240 cm³/mol. The molecule has 0 aliphatic heterocycles. The van der Waals surface area contributed by atoms with E-state index in [9.17, 15) is 14.4 Å². The number of ether oxygens (including phenoxy) is 3. The van der Waals surface area contributed by atoms with Crippen molar-refractivity contribution in [2.24, 2.45) is 10.2 Å². The number of aromatic nitrogens is 2. The molecular weight excluding hydrogens is 827 g/mol. The minimum Gasteiger partial charge on any atom is -0.497 e. The molecule has 1 unspecified atom stereocenters. The van der Waals surface area contributed by atoms with Crippen LogP contribution in [-0.2, 0) is 4.79 Å². The number of hydrogen-bond acceptors (Lipinski definition) is 8. The number of amides is 2. The Morgan fingerprint density at radius 1 is 0.750 bits per heavy atom. The molecule has 5 rings (SSSR count). The summed E-state index contributed by atoms with van der Waals surface area (Å²) in [5.74, 6) is 0.691. The third-order valence-corrected chi connectivity index (χ3v) is 10.3. The van der Waals surface area contributed by atoms with Crippen molar-refractivity contribution < 1.29 is 23.8 Å². The minimum absolute atomic E-state index is 0.0748. The van der Waals surface area contributed by atoms with Gasteiger partial charge in [-0.2, -0.15) is 5.11 Å². The smallest absolute Gasteiger partial charge is 0.301 e. The number of nitrogens with zero attached hydrogens (tertiary/aromatic N) is 3. The van der Waals surface area contributed by atoms with Crippen LogP contribution in [0.1, 0.15) is 94.8 Å². The highest BCUT2D eigenvalue weighted by atomic mass is 35.5. The summed E-state index contributed by atoms with van der Waals surface area (Å²) in [4.78, 5) is 40.9. The third kappa shape index (κ3) is 13.4. The molecule has 2 amide bonds. The van der Waals surface area contributed by atoms with Crippen LogP contribution in [0.3, 0.4) is 0 Å². The van der Waals surface area contributed by atoms with Gasteiger partial charge in [-0.15, -0.1) is 5.11 Å². The van der Waals surface area contributed by atoms with Gasteiger partial charge in [0.05, 0.1) is 29.4 Å². The molecule has 0 spiro atoms. The maximum atomic E-state index is 13.8. The molecule has 3 N–H and O–H groups in total.